The van der Waals surface area contributed by atoms with E-state index in [1.54, 1.807) is 52.0 Å². The van der Waals surface area contributed by atoms with Gasteiger partial charge in [0, 0.05) is 0 Å². The van der Waals surface area contributed by atoms with Gasteiger partial charge in [-0.05, 0) is 39.8 Å². The van der Waals surface area contributed by atoms with E-state index in [2.05, 4.69) is 0 Å². The molecule has 26 heavy (non-hydrogen) atoms. The highest BCUT2D eigenvalue weighted by molar-refractivity contribution is 7.53. The molecule has 1 aromatic rings. The number of rotatable bonds is 9. The molecule has 0 spiro atoms. The third-order valence-corrected chi connectivity index (χ3v) is 5.39. The second-order valence-electron chi connectivity index (χ2n) is 6.60. The zero-order valence-corrected chi connectivity index (χ0v) is 16.5. The van der Waals surface area contributed by atoms with Crippen LogP contribution >= 0.6 is 7.60 Å². The van der Waals surface area contributed by atoms with Gasteiger partial charge in [-0.15, -0.1) is 0 Å². The Labute approximate surface area is 154 Å². The van der Waals surface area contributed by atoms with Crippen molar-refractivity contribution >= 4 is 13.6 Å². The number of ether oxygens (including phenoxy) is 3. The predicted molar refractivity (Wildman–Crippen MR) is 96.3 cm³/mol. The normalized spacial score (nSPS) is 20.7. The van der Waals surface area contributed by atoms with Gasteiger partial charge >= 0.3 is 13.6 Å². The molecule has 1 heterocycles. The van der Waals surface area contributed by atoms with Crippen LogP contribution in [0.2, 0.25) is 0 Å². The molecule has 146 valence electrons. The zero-order chi connectivity index (χ0) is 19.2. The lowest BCUT2D eigenvalue weighted by Crippen LogP contribution is -2.32. The summed E-state index contributed by atoms with van der Waals surface area (Å²) in [6.45, 7) is 7.58. The molecule has 0 unspecified atom stereocenters. The van der Waals surface area contributed by atoms with Crippen LogP contribution < -0.4 is 0 Å². The molecule has 0 radical (unpaired) electrons. The number of benzene rings is 1. The van der Waals surface area contributed by atoms with Gasteiger partial charge in [-0.3, -0.25) is 4.57 Å². The Morgan fingerprint density at radius 3 is 2.23 bits per heavy atom. The van der Waals surface area contributed by atoms with Gasteiger partial charge < -0.3 is 23.3 Å². The molecule has 2 atom stereocenters. The quantitative estimate of drug-likeness (QED) is 0.474. The van der Waals surface area contributed by atoms with Crippen LogP contribution in [0, 0.1) is 0 Å². The van der Waals surface area contributed by atoms with Crippen molar-refractivity contribution in [2.24, 2.45) is 0 Å². The molecular weight excluding hydrogens is 359 g/mol. The van der Waals surface area contributed by atoms with Gasteiger partial charge in [0.05, 0.1) is 31.0 Å². The lowest BCUT2D eigenvalue weighted by Gasteiger charge is -2.25. The molecule has 2 rings (SSSR count). The van der Waals surface area contributed by atoms with E-state index in [0.29, 0.717) is 5.56 Å². The van der Waals surface area contributed by atoms with Crippen LogP contribution in [-0.4, -0.2) is 49.9 Å². The maximum Gasteiger partial charge on any atom is 0.356 e. The van der Waals surface area contributed by atoms with Crippen LogP contribution in [-0.2, 0) is 27.8 Å². The van der Waals surface area contributed by atoms with Crippen molar-refractivity contribution in [3.8, 4) is 0 Å². The minimum absolute atomic E-state index is 0.225. The number of carbonyl (C=O) groups is 1. The Bertz CT molecular complexity index is 603. The highest BCUT2D eigenvalue weighted by atomic mass is 31.2. The van der Waals surface area contributed by atoms with Gasteiger partial charge in [-0.2, -0.15) is 0 Å². The van der Waals surface area contributed by atoms with Crippen molar-refractivity contribution in [2.75, 3.05) is 19.6 Å². The molecular formula is C18H27O7P. The first kappa shape index (κ1) is 21.1. The van der Waals surface area contributed by atoms with Gasteiger partial charge in [0.2, 0.25) is 0 Å². The molecule has 0 amide bonds. The van der Waals surface area contributed by atoms with E-state index in [1.165, 1.54) is 0 Å². The van der Waals surface area contributed by atoms with Crippen molar-refractivity contribution in [3.05, 3.63) is 35.9 Å². The van der Waals surface area contributed by atoms with Crippen molar-refractivity contribution in [3.63, 3.8) is 0 Å². The summed E-state index contributed by atoms with van der Waals surface area (Å²) < 4.78 is 40.3. The Hall–Kier alpha value is -1.24. The van der Waals surface area contributed by atoms with Crippen LogP contribution in [0.5, 0.6) is 0 Å². The summed E-state index contributed by atoms with van der Waals surface area (Å²) in [5.41, 5.74) is 0.454. The van der Waals surface area contributed by atoms with E-state index >= 15 is 0 Å². The first-order valence-corrected chi connectivity index (χ1v) is 10.4. The maximum atomic E-state index is 12.8. The number of hydrogen-bond donors (Lipinski definition) is 0. The summed E-state index contributed by atoms with van der Waals surface area (Å²) in [7, 11) is -3.42. The Balaban J connectivity index is 1.94. The van der Waals surface area contributed by atoms with E-state index in [-0.39, 0.29) is 31.8 Å². The Kier molecular flexibility index (Phi) is 7.80. The fourth-order valence-electron chi connectivity index (χ4n) is 2.48. The van der Waals surface area contributed by atoms with Gasteiger partial charge in [0.25, 0.3) is 0 Å². The fourth-order valence-corrected chi connectivity index (χ4v) is 4.31. The molecule has 0 saturated carbocycles. The summed E-state index contributed by atoms with van der Waals surface area (Å²) in [5, 5.41) is 0. The summed E-state index contributed by atoms with van der Waals surface area (Å²) in [6, 6.07) is 8.70. The van der Waals surface area contributed by atoms with Gasteiger partial charge in [-0.25, -0.2) is 4.79 Å². The van der Waals surface area contributed by atoms with Crippen LogP contribution in [0.3, 0.4) is 0 Å². The molecule has 0 bridgehead atoms. The van der Waals surface area contributed by atoms with E-state index in [0.717, 1.165) is 0 Å². The Morgan fingerprint density at radius 2 is 1.65 bits per heavy atom. The van der Waals surface area contributed by atoms with E-state index in [4.69, 9.17) is 23.3 Å². The summed E-state index contributed by atoms with van der Waals surface area (Å²) in [6.07, 6.45) is -1.86. The lowest BCUT2D eigenvalue weighted by atomic mass is 10.2. The summed E-state index contributed by atoms with van der Waals surface area (Å²) in [4.78, 5) is 12.2. The molecule has 1 aromatic carbocycles. The highest BCUT2D eigenvalue weighted by Crippen LogP contribution is 2.50. The average Bonchev–Trinajstić information content (AvgIpc) is 2.99. The largest absolute Gasteiger partial charge is 0.453 e. The fraction of sp³-hybridized carbons (Fsp3) is 0.611. The molecule has 1 saturated heterocycles. The molecule has 0 aliphatic carbocycles. The summed E-state index contributed by atoms with van der Waals surface area (Å²) >= 11 is 0. The van der Waals surface area contributed by atoms with Crippen LogP contribution in [0.4, 0.5) is 0 Å². The van der Waals surface area contributed by atoms with Crippen LogP contribution in [0.25, 0.3) is 0 Å². The Morgan fingerprint density at radius 1 is 1.08 bits per heavy atom. The standard InChI is InChI=1S/C18H27O7P/c1-13(2)24-26(20,25-14(3)4)12-22-16-10-21-11-17(16)23-18(19)15-8-6-5-7-9-15/h5-9,13-14,16-17H,10-12H2,1-4H3/t16-,17-/m0/s1. The molecule has 0 aromatic heterocycles. The zero-order valence-electron chi connectivity index (χ0n) is 15.6. The maximum absolute atomic E-state index is 12.8. The lowest BCUT2D eigenvalue weighted by molar-refractivity contribution is -0.0235. The molecule has 1 aliphatic rings. The molecule has 8 heteroatoms. The number of carbonyl (C=O) groups excluding carboxylic acids is 1. The van der Waals surface area contributed by atoms with Crippen LogP contribution in [0.15, 0.2) is 30.3 Å². The summed E-state index contributed by atoms with van der Waals surface area (Å²) in [5.74, 6) is -0.449. The molecule has 7 nitrogen and oxygen atoms in total. The second kappa shape index (κ2) is 9.62. The van der Waals surface area contributed by atoms with E-state index < -0.39 is 25.8 Å². The topological polar surface area (TPSA) is 80.3 Å². The van der Waals surface area contributed by atoms with Crippen molar-refractivity contribution in [1.82, 2.24) is 0 Å². The van der Waals surface area contributed by atoms with Gasteiger partial charge in [0.1, 0.15) is 12.5 Å². The third kappa shape index (κ3) is 6.49. The monoisotopic (exact) mass is 386 g/mol. The number of esters is 1. The van der Waals surface area contributed by atoms with Crippen molar-refractivity contribution in [1.29, 1.82) is 0 Å². The highest BCUT2D eigenvalue weighted by Gasteiger charge is 2.36. The minimum Gasteiger partial charge on any atom is -0.453 e. The number of hydrogen-bond acceptors (Lipinski definition) is 7. The first-order valence-electron chi connectivity index (χ1n) is 8.70. The SMILES string of the molecule is CC(C)OP(=O)(CO[C@H]1COC[C@@H]1OC(=O)c1ccccc1)OC(C)C. The smallest absolute Gasteiger partial charge is 0.356 e. The second-order valence-corrected chi connectivity index (χ2v) is 8.50. The van der Waals surface area contributed by atoms with E-state index in [9.17, 15) is 9.36 Å². The minimum atomic E-state index is -3.42. The molecule has 1 fully saturated rings. The third-order valence-electron chi connectivity index (χ3n) is 3.44. The van der Waals surface area contributed by atoms with Crippen molar-refractivity contribution < 1.29 is 32.6 Å². The van der Waals surface area contributed by atoms with Gasteiger partial charge in [0.15, 0.2) is 6.10 Å². The van der Waals surface area contributed by atoms with Gasteiger partial charge in [-0.1, -0.05) is 18.2 Å². The molecule has 0 N–H and O–H groups in total. The van der Waals surface area contributed by atoms with Crippen molar-refractivity contribution in [2.45, 2.75) is 52.1 Å². The predicted octanol–water partition coefficient (Wildman–Crippen LogP) is 3.63. The first-order chi connectivity index (χ1) is 12.3. The average molecular weight is 386 g/mol. The van der Waals surface area contributed by atoms with E-state index in [1.807, 2.05) is 6.07 Å². The molecule has 1 aliphatic heterocycles. The van der Waals surface area contributed by atoms with Crippen LogP contribution in [0.1, 0.15) is 38.1 Å².